The maximum atomic E-state index is 12.6. The second-order valence-corrected chi connectivity index (χ2v) is 4.46. The molecule has 11 heteroatoms. The molecule has 0 fully saturated rings. The van der Waals surface area contributed by atoms with Crippen LogP contribution in [0.5, 0.6) is 5.88 Å². The highest BCUT2D eigenvalue weighted by molar-refractivity contribution is 9.10. The number of hydrogen-bond acceptors (Lipinski definition) is 4. The zero-order valence-corrected chi connectivity index (χ0v) is 11.5. The summed E-state index contributed by atoms with van der Waals surface area (Å²) in [7, 11) is 0. The third kappa shape index (κ3) is 3.40. The molecule has 0 aliphatic rings. The third-order valence-electron chi connectivity index (χ3n) is 2.26. The van der Waals surface area contributed by atoms with Crippen LogP contribution in [-0.2, 0) is 6.18 Å². The molecule has 0 saturated heterocycles. The van der Waals surface area contributed by atoms with Crippen molar-refractivity contribution in [1.29, 1.82) is 0 Å². The standard InChI is InChI=1S/C10H6BrF5N4O/c11-8-4(17)1-2-6(18-8)20-7(21-9(12)13)3-5(19-20)10(14,15)16/h1-3,9H,17H2. The van der Waals surface area contributed by atoms with Gasteiger partial charge in [0, 0.05) is 6.07 Å². The molecule has 0 aliphatic carbocycles. The fraction of sp³-hybridized carbons (Fsp3) is 0.200. The van der Waals surface area contributed by atoms with Crippen molar-refractivity contribution in [2.24, 2.45) is 0 Å². The van der Waals surface area contributed by atoms with Crippen LogP contribution in [0.3, 0.4) is 0 Å². The van der Waals surface area contributed by atoms with Crippen molar-refractivity contribution in [1.82, 2.24) is 14.8 Å². The number of nitrogen functional groups attached to an aromatic ring is 1. The number of halogens is 6. The van der Waals surface area contributed by atoms with Crippen LogP contribution in [0.15, 0.2) is 22.8 Å². The lowest BCUT2D eigenvalue weighted by Gasteiger charge is -2.08. The molecule has 0 aliphatic heterocycles. The molecule has 0 atom stereocenters. The fourth-order valence-electron chi connectivity index (χ4n) is 1.40. The first-order valence-electron chi connectivity index (χ1n) is 5.23. The van der Waals surface area contributed by atoms with Crippen LogP contribution < -0.4 is 10.5 Å². The minimum atomic E-state index is -4.81. The minimum absolute atomic E-state index is 0.132. The maximum absolute atomic E-state index is 12.6. The van der Waals surface area contributed by atoms with E-state index in [9.17, 15) is 22.0 Å². The summed E-state index contributed by atoms with van der Waals surface area (Å²) in [5.41, 5.74) is 4.33. The van der Waals surface area contributed by atoms with Gasteiger partial charge in [0.2, 0.25) is 5.88 Å². The molecule has 0 unspecified atom stereocenters. The number of rotatable bonds is 3. The van der Waals surface area contributed by atoms with Crippen molar-refractivity contribution in [3.05, 3.63) is 28.5 Å². The smallest absolute Gasteiger partial charge is 0.417 e. The van der Waals surface area contributed by atoms with Gasteiger partial charge in [0.15, 0.2) is 11.5 Å². The fourth-order valence-corrected chi connectivity index (χ4v) is 1.71. The summed E-state index contributed by atoms with van der Waals surface area (Å²) in [6.45, 7) is -3.31. The highest BCUT2D eigenvalue weighted by atomic mass is 79.9. The average molecular weight is 373 g/mol. The zero-order chi connectivity index (χ0) is 15.8. The summed E-state index contributed by atoms with van der Waals surface area (Å²) in [5.74, 6) is -0.955. The molecule has 2 aromatic rings. The van der Waals surface area contributed by atoms with E-state index in [-0.39, 0.29) is 16.1 Å². The van der Waals surface area contributed by atoms with E-state index < -0.39 is 24.4 Å². The van der Waals surface area contributed by atoms with Crippen LogP contribution in [0.4, 0.5) is 27.6 Å². The molecule has 2 N–H and O–H groups in total. The average Bonchev–Trinajstić information content (AvgIpc) is 2.75. The number of pyridine rings is 1. The van der Waals surface area contributed by atoms with Gasteiger partial charge in [-0.1, -0.05) is 0 Å². The Labute approximate surface area is 122 Å². The van der Waals surface area contributed by atoms with Crippen LogP contribution in [0.1, 0.15) is 5.69 Å². The number of nitrogens with two attached hydrogens (primary N) is 1. The SMILES string of the molecule is Nc1ccc(-n2nc(C(F)(F)F)cc2OC(F)F)nc1Br. The maximum Gasteiger partial charge on any atom is 0.435 e. The van der Waals surface area contributed by atoms with Gasteiger partial charge in [0.1, 0.15) is 4.60 Å². The topological polar surface area (TPSA) is 66.0 Å². The summed E-state index contributed by atoms with van der Waals surface area (Å²) in [4.78, 5) is 3.81. The van der Waals surface area contributed by atoms with Gasteiger partial charge in [-0.15, -0.1) is 0 Å². The number of ether oxygens (including phenoxy) is 1. The van der Waals surface area contributed by atoms with Crippen molar-refractivity contribution in [3.63, 3.8) is 0 Å². The second-order valence-electron chi connectivity index (χ2n) is 3.71. The molecule has 0 saturated carbocycles. The van der Waals surface area contributed by atoms with Gasteiger partial charge in [0.25, 0.3) is 0 Å². The Bertz CT molecular complexity index is 657. The normalized spacial score (nSPS) is 12.0. The molecular weight excluding hydrogens is 367 g/mol. The predicted octanol–water partition coefficient (Wildman–Crippen LogP) is 3.23. The molecule has 0 radical (unpaired) electrons. The van der Waals surface area contributed by atoms with E-state index in [0.717, 1.165) is 0 Å². The van der Waals surface area contributed by atoms with Crippen molar-refractivity contribution >= 4 is 21.6 Å². The molecule has 114 valence electrons. The Kier molecular flexibility index (Phi) is 4.03. The number of anilines is 1. The largest absolute Gasteiger partial charge is 0.435 e. The predicted molar refractivity (Wildman–Crippen MR) is 65.1 cm³/mol. The van der Waals surface area contributed by atoms with Crippen molar-refractivity contribution < 1.29 is 26.7 Å². The number of hydrogen-bond donors (Lipinski definition) is 1. The molecule has 0 aromatic carbocycles. The van der Waals surface area contributed by atoms with E-state index in [1.165, 1.54) is 12.1 Å². The molecule has 2 heterocycles. The molecule has 21 heavy (non-hydrogen) atoms. The highest BCUT2D eigenvalue weighted by Crippen LogP contribution is 2.32. The summed E-state index contributed by atoms with van der Waals surface area (Å²) in [6, 6.07) is 2.90. The van der Waals surface area contributed by atoms with Crippen molar-refractivity contribution in [2.75, 3.05) is 5.73 Å². The van der Waals surface area contributed by atoms with E-state index >= 15 is 0 Å². The van der Waals surface area contributed by atoms with Gasteiger partial charge in [-0.25, -0.2) is 4.98 Å². The number of nitrogens with zero attached hydrogens (tertiary/aromatic N) is 3. The van der Waals surface area contributed by atoms with E-state index in [2.05, 4.69) is 30.7 Å². The molecular formula is C10H6BrF5N4O. The van der Waals surface area contributed by atoms with Gasteiger partial charge < -0.3 is 10.5 Å². The number of alkyl halides is 5. The first kappa shape index (κ1) is 15.5. The zero-order valence-electron chi connectivity index (χ0n) is 9.90. The molecule has 0 spiro atoms. The summed E-state index contributed by atoms with van der Waals surface area (Å²) in [5, 5.41) is 3.18. The Morgan fingerprint density at radius 1 is 1.29 bits per heavy atom. The molecule has 2 aromatic heterocycles. The van der Waals surface area contributed by atoms with Gasteiger partial charge >= 0.3 is 12.8 Å². The second kappa shape index (κ2) is 5.47. The summed E-state index contributed by atoms with van der Waals surface area (Å²) >= 11 is 2.98. The monoisotopic (exact) mass is 372 g/mol. The van der Waals surface area contributed by atoms with E-state index in [0.29, 0.717) is 10.7 Å². The molecule has 0 amide bonds. The Morgan fingerprint density at radius 3 is 2.48 bits per heavy atom. The van der Waals surface area contributed by atoms with Gasteiger partial charge in [-0.05, 0) is 28.1 Å². The summed E-state index contributed by atoms with van der Waals surface area (Å²) < 4.78 is 67.0. The Morgan fingerprint density at radius 2 is 1.95 bits per heavy atom. The first-order chi connectivity index (χ1) is 9.68. The van der Waals surface area contributed by atoms with Crippen LogP contribution in [0.2, 0.25) is 0 Å². The van der Waals surface area contributed by atoms with E-state index in [1.807, 2.05) is 0 Å². The van der Waals surface area contributed by atoms with Crippen molar-refractivity contribution in [2.45, 2.75) is 12.8 Å². The quantitative estimate of drug-likeness (QED) is 0.663. The molecule has 5 nitrogen and oxygen atoms in total. The van der Waals surface area contributed by atoms with Crippen LogP contribution in [-0.4, -0.2) is 21.4 Å². The lowest BCUT2D eigenvalue weighted by atomic mass is 10.4. The first-order valence-corrected chi connectivity index (χ1v) is 6.02. The van der Waals surface area contributed by atoms with Gasteiger partial charge in [-0.2, -0.15) is 31.7 Å². The van der Waals surface area contributed by atoms with Crippen LogP contribution in [0, 0.1) is 0 Å². The van der Waals surface area contributed by atoms with Gasteiger partial charge in [0.05, 0.1) is 5.69 Å². The lowest BCUT2D eigenvalue weighted by molar-refractivity contribution is -0.141. The minimum Gasteiger partial charge on any atom is -0.417 e. The number of aromatic nitrogens is 3. The highest BCUT2D eigenvalue weighted by Gasteiger charge is 2.36. The summed E-state index contributed by atoms with van der Waals surface area (Å²) in [6.07, 6.45) is -4.81. The van der Waals surface area contributed by atoms with Gasteiger partial charge in [-0.3, -0.25) is 0 Å². The van der Waals surface area contributed by atoms with Crippen molar-refractivity contribution in [3.8, 4) is 11.7 Å². The van der Waals surface area contributed by atoms with E-state index in [4.69, 9.17) is 5.73 Å². The lowest BCUT2D eigenvalue weighted by Crippen LogP contribution is -2.10. The Balaban J connectivity index is 2.54. The van der Waals surface area contributed by atoms with E-state index in [1.54, 1.807) is 0 Å². The molecule has 2 rings (SSSR count). The Hall–Kier alpha value is -1.91. The van der Waals surface area contributed by atoms with Crippen LogP contribution >= 0.6 is 15.9 Å². The molecule has 0 bridgehead atoms. The third-order valence-corrected chi connectivity index (χ3v) is 2.89. The van der Waals surface area contributed by atoms with Crippen LogP contribution in [0.25, 0.3) is 5.82 Å².